The van der Waals surface area contributed by atoms with Crippen LogP contribution in [0, 0.1) is 6.92 Å². The number of rotatable bonds is 4. The Morgan fingerprint density at radius 1 is 1.37 bits per heavy atom. The third-order valence-electron chi connectivity index (χ3n) is 3.24. The van der Waals surface area contributed by atoms with Crippen LogP contribution in [-0.2, 0) is 9.47 Å². The summed E-state index contributed by atoms with van der Waals surface area (Å²) in [7, 11) is 0. The molecule has 0 unspecified atom stereocenters. The van der Waals surface area contributed by atoms with Gasteiger partial charge in [-0.15, -0.1) is 0 Å². The average Bonchev–Trinajstić information content (AvgIpc) is 2.42. The second-order valence-electron chi connectivity index (χ2n) is 4.58. The number of esters is 1. The Kier molecular flexibility index (Phi) is 4.80. The number of benzene rings is 1. The van der Waals surface area contributed by atoms with E-state index < -0.39 is 0 Å². The van der Waals surface area contributed by atoms with E-state index >= 15 is 0 Å². The van der Waals surface area contributed by atoms with Crippen molar-refractivity contribution in [1.29, 1.82) is 0 Å². The lowest BCUT2D eigenvalue weighted by Crippen LogP contribution is -2.26. The molecule has 0 spiro atoms. The van der Waals surface area contributed by atoms with Crippen molar-refractivity contribution in [3.05, 3.63) is 29.3 Å². The summed E-state index contributed by atoms with van der Waals surface area (Å²) in [6.07, 6.45) is 1.96. The molecule has 0 aromatic heterocycles. The van der Waals surface area contributed by atoms with Crippen molar-refractivity contribution in [2.75, 3.05) is 19.8 Å². The molecule has 104 valence electrons. The number of carbonyl (C=O) groups is 1. The van der Waals surface area contributed by atoms with E-state index in [1.807, 2.05) is 19.1 Å². The Morgan fingerprint density at radius 3 is 2.79 bits per heavy atom. The maximum atomic E-state index is 11.8. The smallest absolute Gasteiger partial charge is 0.338 e. The molecule has 1 fully saturated rings. The fourth-order valence-electron chi connectivity index (χ4n) is 2.15. The average molecular weight is 264 g/mol. The van der Waals surface area contributed by atoms with Crippen LogP contribution in [-0.4, -0.2) is 31.9 Å². The third-order valence-corrected chi connectivity index (χ3v) is 3.24. The van der Waals surface area contributed by atoms with Crippen molar-refractivity contribution < 1.29 is 19.0 Å². The molecule has 1 aromatic carbocycles. The summed E-state index contributed by atoms with van der Waals surface area (Å²) in [6.45, 7) is 5.54. The first-order chi connectivity index (χ1) is 9.22. The van der Waals surface area contributed by atoms with Gasteiger partial charge in [-0.25, -0.2) is 4.79 Å². The van der Waals surface area contributed by atoms with Gasteiger partial charge < -0.3 is 14.2 Å². The fraction of sp³-hybridized carbons (Fsp3) is 0.533. The summed E-state index contributed by atoms with van der Waals surface area (Å²) in [5.74, 6) is 0.467. The fourth-order valence-corrected chi connectivity index (χ4v) is 2.15. The molecule has 1 saturated heterocycles. The first kappa shape index (κ1) is 13.9. The molecule has 1 aromatic rings. The molecule has 19 heavy (non-hydrogen) atoms. The molecule has 0 bridgehead atoms. The zero-order chi connectivity index (χ0) is 13.7. The van der Waals surface area contributed by atoms with Gasteiger partial charge in [-0.2, -0.15) is 0 Å². The van der Waals surface area contributed by atoms with E-state index in [1.54, 1.807) is 13.0 Å². The van der Waals surface area contributed by atoms with Gasteiger partial charge in [0.1, 0.15) is 11.9 Å². The molecular weight excluding hydrogens is 244 g/mol. The van der Waals surface area contributed by atoms with Gasteiger partial charge in [0.2, 0.25) is 0 Å². The van der Waals surface area contributed by atoms with Crippen LogP contribution in [0.25, 0.3) is 0 Å². The summed E-state index contributed by atoms with van der Waals surface area (Å²) in [5, 5.41) is 0. The highest BCUT2D eigenvalue weighted by Crippen LogP contribution is 2.25. The Morgan fingerprint density at radius 2 is 2.11 bits per heavy atom. The van der Waals surface area contributed by atoms with Crippen molar-refractivity contribution in [2.45, 2.75) is 32.8 Å². The summed E-state index contributed by atoms with van der Waals surface area (Å²) >= 11 is 0. The number of carbonyl (C=O) groups excluding carboxylic acids is 1. The SMILES string of the molecule is CCOC(=O)c1cccc(OC2CCOCC2)c1C. The molecule has 0 aliphatic carbocycles. The van der Waals surface area contributed by atoms with Crippen molar-refractivity contribution >= 4 is 5.97 Å². The van der Waals surface area contributed by atoms with Crippen LogP contribution in [0.5, 0.6) is 5.75 Å². The van der Waals surface area contributed by atoms with Gasteiger partial charge in [-0.1, -0.05) is 6.07 Å². The lowest BCUT2D eigenvalue weighted by molar-refractivity contribution is 0.0251. The monoisotopic (exact) mass is 264 g/mol. The minimum atomic E-state index is -0.294. The van der Waals surface area contributed by atoms with E-state index in [-0.39, 0.29) is 12.1 Å². The minimum Gasteiger partial charge on any atom is -0.490 e. The molecule has 4 heteroatoms. The maximum absolute atomic E-state index is 11.8. The van der Waals surface area contributed by atoms with Crippen LogP contribution >= 0.6 is 0 Å². The molecule has 0 amide bonds. The quantitative estimate of drug-likeness (QED) is 0.784. The standard InChI is InChI=1S/C15H20O4/c1-3-18-15(16)13-5-4-6-14(11(13)2)19-12-7-9-17-10-8-12/h4-6,12H,3,7-10H2,1-2H3. The van der Waals surface area contributed by atoms with E-state index in [1.165, 1.54) is 0 Å². The Bertz CT molecular complexity index is 436. The van der Waals surface area contributed by atoms with Gasteiger partial charge in [0.05, 0.1) is 25.4 Å². The zero-order valence-corrected chi connectivity index (χ0v) is 11.5. The summed E-state index contributed by atoms with van der Waals surface area (Å²) in [5.41, 5.74) is 1.42. The number of ether oxygens (including phenoxy) is 3. The van der Waals surface area contributed by atoms with Crippen molar-refractivity contribution in [1.82, 2.24) is 0 Å². The second kappa shape index (κ2) is 6.57. The van der Waals surface area contributed by atoms with E-state index in [0.29, 0.717) is 12.2 Å². The van der Waals surface area contributed by atoms with Gasteiger partial charge in [-0.3, -0.25) is 0 Å². The van der Waals surface area contributed by atoms with E-state index in [9.17, 15) is 4.79 Å². The summed E-state index contributed by atoms with van der Waals surface area (Å²) in [4.78, 5) is 11.8. The van der Waals surface area contributed by atoms with Gasteiger partial charge in [0.25, 0.3) is 0 Å². The molecule has 0 saturated carbocycles. The van der Waals surface area contributed by atoms with E-state index in [4.69, 9.17) is 14.2 Å². The molecule has 1 aliphatic rings. The van der Waals surface area contributed by atoms with Gasteiger partial charge >= 0.3 is 5.97 Å². The molecule has 1 aliphatic heterocycles. The molecule has 2 rings (SSSR count). The first-order valence-electron chi connectivity index (χ1n) is 6.73. The summed E-state index contributed by atoms with van der Waals surface area (Å²) in [6, 6.07) is 5.49. The molecular formula is C15H20O4. The highest BCUT2D eigenvalue weighted by atomic mass is 16.5. The van der Waals surface area contributed by atoms with E-state index in [0.717, 1.165) is 37.4 Å². The highest BCUT2D eigenvalue weighted by molar-refractivity contribution is 5.91. The predicted molar refractivity (Wildman–Crippen MR) is 71.6 cm³/mol. The molecule has 0 N–H and O–H groups in total. The minimum absolute atomic E-state index is 0.171. The lowest BCUT2D eigenvalue weighted by Gasteiger charge is -2.24. The highest BCUT2D eigenvalue weighted by Gasteiger charge is 2.18. The molecule has 1 heterocycles. The summed E-state index contributed by atoms with van der Waals surface area (Å²) < 4.78 is 16.3. The normalized spacial score (nSPS) is 16.1. The maximum Gasteiger partial charge on any atom is 0.338 e. The Balaban J connectivity index is 2.12. The Labute approximate surface area is 113 Å². The van der Waals surface area contributed by atoms with Crippen molar-refractivity contribution in [3.8, 4) is 5.75 Å². The van der Waals surface area contributed by atoms with E-state index in [2.05, 4.69) is 0 Å². The van der Waals surface area contributed by atoms with Gasteiger partial charge in [0.15, 0.2) is 0 Å². The lowest BCUT2D eigenvalue weighted by atomic mass is 10.1. The van der Waals surface area contributed by atoms with Gasteiger partial charge in [-0.05, 0) is 26.0 Å². The predicted octanol–water partition coefficient (Wildman–Crippen LogP) is 2.73. The molecule has 4 nitrogen and oxygen atoms in total. The largest absolute Gasteiger partial charge is 0.490 e. The van der Waals surface area contributed by atoms with Crippen LogP contribution in [0.2, 0.25) is 0 Å². The van der Waals surface area contributed by atoms with Crippen LogP contribution < -0.4 is 4.74 Å². The molecule has 0 atom stereocenters. The second-order valence-corrected chi connectivity index (χ2v) is 4.58. The van der Waals surface area contributed by atoms with Crippen LogP contribution in [0.1, 0.15) is 35.7 Å². The van der Waals surface area contributed by atoms with Crippen molar-refractivity contribution in [2.24, 2.45) is 0 Å². The van der Waals surface area contributed by atoms with Crippen LogP contribution in [0.3, 0.4) is 0 Å². The number of hydrogen-bond acceptors (Lipinski definition) is 4. The topological polar surface area (TPSA) is 44.8 Å². The zero-order valence-electron chi connectivity index (χ0n) is 11.5. The van der Waals surface area contributed by atoms with Crippen LogP contribution in [0.4, 0.5) is 0 Å². The van der Waals surface area contributed by atoms with Gasteiger partial charge in [0, 0.05) is 18.4 Å². The van der Waals surface area contributed by atoms with Crippen molar-refractivity contribution in [3.63, 3.8) is 0 Å². The van der Waals surface area contributed by atoms with Crippen LogP contribution in [0.15, 0.2) is 18.2 Å². The molecule has 0 radical (unpaired) electrons. The first-order valence-corrected chi connectivity index (χ1v) is 6.73. The Hall–Kier alpha value is -1.55. The number of hydrogen-bond donors (Lipinski definition) is 0. The third kappa shape index (κ3) is 3.47.